The Bertz CT molecular complexity index is 860. The lowest BCUT2D eigenvalue weighted by atomic mass is 9.68. The Balaban J connectivity index is 1.75. The van der Waals surface area contributed by atoms with Crippen LogP contribution in [0.1, 0.15) is 45.2 Å². The average molecular weight is 418 g/mol. The highest BCUT2D eigenvalue weighted by atomic mass is 31.1. The van der Waals surface area contributed by atoms with E-state index >= 15 is 0 Å². The molecule has 0 bridgehead atoms. The summed E-state index contributed by atoms with van der Waals surface area (Å²) in [4.78, 5) is 4.78. The number of nitrogens with zero attached hydrogens (tertiary/aromatic N) is 1. The van der Waals surface area contributed by atoms with Gasteiger partial charge >= 0.3 is 0 Å². The minimum absolute atomic E-state index is 0.162. The van der Waals surface area contributed by atoms with Crippen molar-refractivity contribution in [3.05, 3.63) is 90.8 Å². The van der Waals surface area contributed by atoms with E-state index in [4.69, 9.17) is 9.51 Å². The molecule has 156 valence electrons. The van der Waals surface area contributed by atoms with Crippen molar-refractivity contribution in [3.63, 3.8) is 0 Å². The molecule has 0 radical (unpaired) electrons. The fraction of sp³-hybridized carbons (Fsp3) is 0.370. The molecule has 1 fully saturated rings. The molecule has 4 rings (SSSR count). The van der Waals surface area contributed by atoms with Crippen molar-refractivity contribution >= 4 is 18.8 Å². The molecule has 30 heavy (non-hydrogen) atoms. The highest BCUT2D eigenvalue weighted by molar-refractivity contribution is 7.68. The van der Waals surface area contributed by atoms with Gasteiger partial charge in [0.1, 0.15) is 0 Å². The molecule has 1 heterocycles. The van der Waals surface area contributed by atoms with Gasteiger partial charge in [-0.05, 0) is 42.7 Å². The number of hydrogen-bond donors (Lipinski definition) is 0. The van der Waals surface area contributed by atoms with Crippen LogP contribution in [0.5, 0.6) is 0 Å². The molecule has 3 aromatic rings. The van der Waals surface area contributed by atoms with E-state index < -0.39 is 8.15 Å². The van der Waals surface area contributed by atoms with Crippen LogP contribution in [-0.4, -0.2) is 11.1 Å². The number of benzene rings is 2. The minimum Gasteiger partial charge on any atom is -0.345 e. The second-order valence-electron chi connectivity index (χ2n) is 8.78. The zero-order valence-corrected chi connectivity index (χ0v) is 19.1. The van der Waals surface area contributed by atoms with E-state index in [0.29, 0.717) is 23.7 Å². The molecule has 0 aliphatic heterocycles. The van der Waals surface area contributed by atoms with Crippen molar-refractivity contribution in [2.75, 3.05) is 0 Å². The van der Waals surface area contributed by atoms with E-state index in [0.717, 1.165) is 0 Å². The number of rotatable bonds is 6. The normalized spacial score (nSPS) is 24.3. The van der Waals surface area contributed by atoms with E-state index in [1.165, 1.54) is 29.1 Å². The largest absolute Gasteiger partial charge is 0.345 e. The summed E-state index contributed by atoms with van der Waals surface area (Å²) >= 11 is 0. The second-order valence-corrected chi connectivity index (χ2v) is 10.6. The number of hydrogen-bond acceptors (Lipinski definition) is 2. The molecule has 2 unspecified atom stereocenters. The maximum atomic E-state index is 7.20. The van der Waals surface area contributed by atoms with Crippen LogP contribution in [0.4, 0.5) is 0 Å². The minimum atomic E-state index is -0.889. The molecule has 0 spiro atoms. The molecule has 3 heteroatoms. The highest BCUT2D eigenvalue weighted by Crippen LogP contribution is 2.49. The van der Waals surface area contributed by atoms with Gasteiger partial charge in [0.25, 0.3) is 0 Å². The van der Waals surface area contributed by atoms with Crippen LogP contribution in [0.2, 0.25) is 0 Å². The first-order valence-electron chi connectivity index (χ1n) is 11.1. The average Bonchev–Trinajstić information content (AvgIpc) is 2.79. The van der Waals surface area contributed by atoms with Gasteiger partial charge in [-0.1, -0.05) is 87.5 Å². The van der Waals surface area contributed by atoms with Crippen LogP contribution in [0.15, 0.2) is 85.1 Å². The van der Waals surface area contributed by atoms with Gasteiger partial charge in [0.2, 0.25) is 0 Å². The van der Waals surface area contributed by atoms with E-state index in [1.54, 1.807) is 0 Å². The molecule has 2 aromatic carbocycles. The quantitative estimate of drug-likeness (QED) is 0.439. The lowest BCUT2D eigenvalue weighted by molar-refractivity contribution is 0.0328. The predicted molar refractivity (Wildman–Crippen MR) is 128 cm³/mol. The Morgan fingerprint density at radius 3 is 1.97 bits per heavy atom. The lowest BCUT2D eigenvalue weighted by Gasteiger charge is -2.44. The zero-order valence-electron chi connectivity index (χ0n) is 18.2. The smallest absolute Gasteiger partial charge is 0.0922 e. The summed E-state index contributed by atoms with van der Waals surface area (Å²) in [6.45, 7) is 7.07. The van der Waals surface area contributed by atoms with Crippen molar-refractivity contribution in [2.45, 2.75) is 45.6 Å². The number of pyridine rings is 1. The third-order valence-corrected chi connectivity index (χ3v) is 8.43. The Morgan fingerprint density at radius 2 is 1.43 bits per heavy atom. The summed E-state index contributed by atoms with van der Waals surface area (Å²) in [6, 6.07) is 27.8. The monoisotopic (exact) mass is 417 g/mol. The van der Waals surface area contributed by atoms with Gasteiger partial charge in [-0.25, -0.2) is 0 Å². The summed E-state index contributed by atoms with van der Waals surface area (Å²) in [6.07, 6.45) is 4.54. The van der Waals surface area contributed by atoms with Crippen molar-refractivity contribution in [1.29, 1.82) is 0 Å². The zero-order chi connectivity index (χ0) is 20.9. The molecular formula is C27H32NOP. The van der Waals surface area contributed by atoms with Gasteiger partial charge in [-0.3, -0.25) is 4.98 Å². The standard InChI is InChI=1S/C27H32NOP/c1-20(2)24-18-17-21(3)26(25-16-10-11-19-28-25)27(24)29-30(22-12-6-4-7-13-22)23-14-8-5-9-15-23/h4-16,19-21,24,26-27H,17-18H2,1-3H3/t21?,24-,26?,27-/m1/s1. The van der Waals surface area contributed by atoms with E-state index in [9.17, 15) is 0 Å². The van der Waals surface area contributed by atoms with Crippen molar-refractivity contribution in [3.8, 4) is 0 Å². The molecule has 0 saturated heterocycles. The van der Waals surface area contributed by atoms with Gasteiger partial charge in [0.15, 0.2) is 0 Å². The Hall–Kier alpha value is -2.02. The van der Waals surface area contributed by atoms with E-state index in [2.05, 4.69) is 93.6 Å². The molecule has 1 aromatic heterocycles. The highest BCUT2D eigenvalue weighted by Gasteiger charge is 2.42. The third-order valence-electron chi connectivity index (χ3n) is 6.44. The third kappa shape index (κ3) is 4.66. The molecule has 4 atom stereocenters. The molecule has 1 saturated carbocycles. The molecule has 1 aliphatic rings. The predicted octanol–water partition coefficient (Wildman–Crippen LogP) is 6.30. The van der Waals surface area contributed by atoms with Crippen LogP contribution in [0.3, 0.4) is 0 Å². The van der Waals surface area contributed by atoms with Crippen LogP contribution >= 0.6 is 8.15 Å². The van der Waals surface area contributed by atoms with Crippen LogP contribution in [0, 0.1) is 17.8 Å². The van der Waals surface area contributed by atoms with E-state index in [-0.39, 0.29) is 6.10 Å². The SMILES string of the molecule is CC1CC[C@H](C(C)C)[C@@H](OP(c2ccccc2)c2ccccc2)C1c1ccccn1. The fourth-order valence-corrected chi connectivity index (χ4v) is 6.76. The first-order valence-corrected chi connectivity index (χ1v) is 12.4. The summed E-state index contributed by atoms with van der Waals surface area (Å²) in [5.74, 6) is 2.00. The Labute approximate surface area is 182 Å². The summed E-state index contributed by atoms with van der Waals surface area (Å²) in [5.41, 5.74) is 1.18. The first-order chi connectivity index (χ1) is 14.6. The van der Waals surface area contributed by atoms with Gasteiger partial charge in [0, 0.05) is 28.4 Å². The topological polar surface area (TPSA) is 22.1 Å². The summed E-state index contributed by atoms with van der Waals surface area (Å²) < 4.78 is 7.20. The molecule has 2 nitrogen and oxygen atoms in total. The molecule has 1 aliphatic carbocycles. The van der Waals surface area contributed by atoms with E-state index in [1.807, 2.05) is 12.3 Å². The summed E-state index contributed by atoms with van der Waals surface area (Å²) in [7, 11) is -0.889. The summed E-state index contributed by atoms with van der Waals surface area (Å²) in [5, 5.41) is 2.55. The molecular weight excluding hydrogens is 385 g/mol. The van der Waals surface area contributed by atoms with Gasteiger partial charge in [0.05, 0.1) is 14.3 Å². The van der Waals surface area contributed by atoms with Gasteiger partial charge < -0.3 is 4.52 Å². The van der Waals surface area contributed by atoms with Crippen molar-refractivity contribution in [2.24, 2.45) is 17.8 Å². The molecule has 0 amide bonds. The second kappa shape index (κ2) is 9.86. The van der Waals surface area contributed by atoms with Crippen LogP contribution < -0.4 is 10.6 Å². The van der Waals surface area contributed by atoms with Crippen molar-refractivity contribution in [1.82, 2.24) is 4.98 Å². The Kier molecular flexibility index (Phi) is 6.97. The van der Waals surface area contributed by atoms with Crippen LogP contribution in [-0.2, 0) is 4.52 Å². The maximum absolute atomic E-state index is 7.20. The van der Waals surface area contributed by atoms with Crippen LogP contribution in [0.25, 0.3) is 0 Å². The fourth-order valence-electron chi connectivity index (χ4n) is 4.80. The first kappa shape index (κ1) is 21.2. The Morgan fingerprint density at radius 1 is 0.833 bits per heavy atom. The number of aromatic nitrogens is 1. The maximum Gasteiger partial charge on any atom is 0.0922 e. The van der Waals surface area contributed by atoms with Crippen molar-refractivity contribution < 1.29 is 4.52 Å². The van der Waals surface area contributed by atoms with Gasteiger partial charge in [-0.2, -0.15) is 0 Å². The molecule has 0 N–H and O–H groups in total. The lowest BCUT2D eigenvalue weighted by Crippen LogP contribution is -2.41. The van der Waals surface area contributed by atoms with Gasteiger partial charge in [-0.15, -0.1) is 0 Å².